The number of nitrogens with one attached hydrogen (secondary N) is 2. The minimum atomic E-state index is -0.611. The van der Waals surface area contributed by atoms with Gasteiger partial charge in [0.1, 0.15) is 17.7 Å². The summed E-state index contributed by atoms with van der Waals surface area (Å²) in [5.41, 5.74) is 0.732. The Bertz CT molecular complexity index is 846. The first-order valence-corrected chi connectivity index (χ1v) is 8.44. The highest BCUT2D eigenvalue weighted by atomic mass is 19.1. The first kappa shape index (κ1) is 18.6. The summed E-state index contributed by atoms with van der Waals surface area (Å²) in [5.74, 6) is -0.849. The Morgan fingerprint density at radius 2 is 1.96 bits per heavy atom. The first-order chi connectivity index (χ1) is 13.0. The van der Waals surface area contributed by atoms with Crippen LogP contribution in [0.2, 0.25) is 0 Å². The quantitative estimate of drug-likeness (QED) is 0.765. The molecule has 1 aliphatic rings. The third kappa shape index (κ3) is 4.92. The lowest BCUT2D eigenvalue weighted by molar-refractivity contribution is -0.111. The fraction of sp³-hybridized carbons (Fsp3) is 0.200. The van der Waals surface area contributed by atoms with E-state index in [1.54, 1.807) is 24.3 Å². The number of amides is 2. The van der Waals surface area contributed by atoms with Crippen LogP contribution in [0.15, 0.2) is 55.1 Å². The van der Waals surface area contributed by atoms with E-state index in [0.717, 1.165) is 18.6 Å². The lowest BCUT2D eigenvalue weighted by atomic mass is 10.2. The zero-order chi connectivity index (χ0) is 19.2. The second-order valence-electron chi connectivity index (χ2n) is 5.97. The van der Waals surface area contributed by atoms with Gasteiger partial charge in [0.25, 0.3) is 5.91 Å². The maximum atomic E-state index is 13.8. The van der Waals surface area contributed by atoms with Crippen molar-refractivity contribution >= 4 is 23.2 Å². The van der Waals surface area contributed by atoms with E-state index < -0.39 is 11.7 Å². The Hall–Kier alpha value is -3.19. The van der Waals surface area contributed by atoms with E-state index in [1.165, 1.54) is 12.1 Å². The predicted molar refractivity (Wildman–Crippen MR) is 99.5 cm³/mol. The Kier molecular flexibility index (Phi) is 5.83. The van der Waals surface area contributed by atoms with Crippen molar-refractivity contribution in [2.45, 2.75) is 12.5 Å². The zero-order valence-corrected chi connectivity index (χ0v) is 14.5. The molecule has 0 spiro atoms. The number of rotatable bonds is 6. The van der Waals surface area contributed by atoms with Gasteiger partial charge in [-0.2, -0.15) is 0 Å². The monoisotopic (exact) mass is 370 g/mol. The summed E-state index contributed by atoms with van der Waals surface area (Å²) in [6, 6.07) is 10.6. The molecule has 3 rings (SSSR count). The average molecular weight is 370 g/mol. The second kappa shape index (κ2) is 8.46. The van der Waals surface area contributed by atoms with Gasteiger partial charge in [-0.05, 0) is 48.5 Å². The van der Waals surface area contributed by atoms with Gasteiger partial charge in [-0.25, -0.2) is 4.39 Å². The molecule has 7 heteroatoms. The van der Waals surface area contributed by atoms with Crippen LogP contribution in [0, 0.1) is 5.82 Å². The summed E-state index contributed by atoms with van der Waals surface area (Å²) < 4.78 is 24.8. The highest BCUT2D eigenvalue weighted by Crippen LogP contribution is 2.21. The Morgan fingerprint density at radius 3 is 2.63 bits per heavy atom. The molecule has 6 nitrogen and oxygen atoms in total. The smallest absolute Gasteiger partial charge is 0.255 e. The van der Waals surface area contributed by atoms with E-state index in [2.05, 4.69) is 17.2 Å². The Balaban J connectivity index is 1.65. The van der Waals surface area contributed by atoms with Gasteiger partial charge in [0.05, 0.1) is 18.9 Å². The summed E-state index contributed by atoms with van der Waals surface area (Å²) in [5, 5.41) is 5.01. The molecule has 0 aromatic heterocycles. The molecule has 1 saturated heterocycles. The van der Waals surface area contributed by atoms with E-state index in [1.807, 2.05) is 0 Å². The third-order valence-corrected chi connectivity index (χ3v) is 3.97. The van der Waals surface area contributed by atoms with Crippen LogP contribution in [-0.2, 0) is 9.53 Å². The van der Waals surface area contributed by atoms with Gasteiger partial charge in [-0.3, -0.25) is 9.59 Å². The van der Waals surface area contributed by atoms with E-state index in [-0.39, 0.29) is 17.7 Å². The number of carbonyl (C=O) groups excluding carboxylic acids is 2. The van der Waals surface area contributed by atoms with E-state index in [0.29, 0.717) is 30.2 Å². The van der Waals surface area contributed by atoms with Crippen LogP contribution in [0.25, 0.3) is 0 Å². The van der Waals surface area contributed by atoms with Crippen molar-refractivity contribution < 1.29 is 23.5 Å². The highest BCUT2D eigenvalue weighted by molar-refractivity contribution is 6.05. The maximum absolute atomic E-state index is 13.8. The molecule has 27 heavy (non-hydrogen) atoms. The van der Waals surface area contributed by atoms with Crippen LogP contribution >= 0.6 is 0 Å². The lowest BCUT2D eigenvalue weighted by Crippen LogP contribution is -2.16. The van der Waals surface area contributed by atoms with Crippen LogP contribution < -0.4 is 15.4 Å². The van der Waals surface area contributed by atoms with Crippen LogP contribution in [0.4, 0.5) is 15.8 Å². The molecule has 1 atom stereocenters. The molecule has 0 bridgehead atoms. The van der Waals surface area contributed by atoms with Gasteiger partial charge in [-0.1, -0.05) is 6.58 Å². The van der Waals surface area contributed by atoms with E-state index >= 15 is 0 Å². The van der Waals surface area contributed by atoms with Crippen LogP contribution in [0.5, 0.6) is 5.75 Å². The van der Waals surface area contributed by atoms with Crippen LogP contribution in [0.1, 0.15) is 16.8 Å². The number of carbonyl (C=O) groups is 2. The van der Waals surface area contributed by atoms with Gasteiger partial charge >= 0.3 is 0 Å². The van der Waals surface area contributed by atoms with Crippen molar-refractivity contribution in [3.05, 3.63) is 66.5 Å². The summed E-state index contributed by atoms with van der Waals surface area (Å²) in [4.78, 5) is 23.7. The van der Waals surface area contributed by atoms with Crippen molar-refractivity contribution in [2.24, 2.45) is 0 Å². The van der Waals surface area contributed by atoms with Crippen molar-refractivity contribution in [3.8, 4) is 5.75 Å². The molecule has 1 fully saturated rings. The molecule has 0 saturated carbocycles. The number of ether oxygens (including phenoxy) is 2. The van der Waals surface area contributed by atoms with Crippen LogP contribution in [0.3, 0.4) is 0 Å². The molecule has 1 aliphatic heterocycles. The van der Waals surface area contributed by atoms with E-state index in [4.69, 9.17) is 9.47 Å². The van der Waals surface area contributed by atoms with Crippen molar-refractivity contribution in [1.82, 2.24) is 0 Å². The Morgan fingerprint density at radius 1 is 1.19 bits per heavy atom. The lowest BCUT2D eigenvalue weighted by Gasteiger charge is -2.12. The normalized spacial score (nSPS) is 15.8. The van der Waals surface area contributed by atoms with Crippen LogP contribution in [-0.4, -0.2) is 31.1 Å². The fourth-order valence-corrected chi connectivity index (χ4v) is 2.57. The summed E-state index contributed by atoms with van der Waals surface area (Å²) >= 11 is 0. The van der Waals surface area contributed by atoms with Gasteiger partial charge < -0.3 is 20.1 Å². The second-order valence-corrected chi connectivity index (χ2v) is 5.97. The van der Waals surface area contributed by atoms with Crippen molar-refractivity contribution in [2.75, 3.05) is 23.8 Å². The minimum Gasteiger partial charge on any atom is -0.488 e. The number of benzene rings is 2. The molecule has 1 unspecified atom stereocenters. The van der Waals surface area contributed by atoms with Gasteiger partial charge in [0.2, 0.25) is 5.91 Å². The molecule has 0 aliphatic carbocycles. The van der Waals surface area contributed by atoms with Crippen molar-refractivity contribution in [1.29, 1.82) is 0 Å². The first-order valence-electron chi connectivity index (χ1n) is 8.44. The van der Waals surface area contributed by atoms with Gasteiger partial charge in [0.15, 0.2) is 0 Å². The maximum Gasteiger partial charge on any atom is 0.255 e. The number of hydrogen-bond donors (Lipinski definition) is 2. The summed E-state index contributed by atoms with van der Waals surface area (Å²) in [7, 11) is 0. The molecule has 2 amide bonds. The predicted octanol–water partition coefficient (Wildman–Crippen LogP) is 3.37. The molecular weight excluding hydrogens is 351 g/mol. The molecule has 2 aromatic rings. The molecule has 0 radical (unpaired) electrons. The number of halogens is 1. The topological polar surface area (TPSA) is 76.7 Å². The standard InChI is InChI=1S/C20H19FN2O4/c1-2-19(24)23-18-11-14(5-8-17(18)21)22-20(25)13-3-6-15(7-4-13)27-16-9-10-26-12-16/h2-8,11,16H,1,9-10,12H2,(H,22,25)(H,23,24). The molecular formula is C20H19FN2O4. The third-order valence-electron chi connectivity index (χ3n) is 3.97. The number of anilines is 2. The number of hydrogen-bond acceptors (Lipinski definition) is 4. The average Bonchev–Trinajstić information content (AvgIpc) is 3.18. The fourth-order valence-electron chi connectivity index (χ4n) is 2.57. The van der Waals surface area contributed by atoms with Gasteiger partial charge in [0, 0.05) is 17.7 Å². The summed E-state index contributed by atoms with van der Waals surface area (Å²) in [6.45, 7) is 4.57. The largest absolute Gasteiger partial charge is 0.488 e. The molecule has 1 heterocycles. The molecule has 140 valence electrons. The Labute approximate surface area is 156 Å². The minimum absolute atomic E-state index is 0.0353. The summed E-state index contributed by atoms with van der Waals surface area (Å²) in [6.07, 6.45) is 1.91. The highest BCUT2D eigenvalue weighted by Gasteiger charge is 2.17. The van der Waals surface area contributed by atoms with E-state index in [9.17, 15) is 14.0 Å². The van der Waals surface area contributed by atoms with Gasteiger partial charge in [-0.15, -0.1) is 0 Å². The zero-order valence-electron chi connectivity index (χ0n) is 14.5. The molecule has 2 aromatic carbocycles. The SMILES string of the molecule is C=CC(=O)Nc1cc(NC(=O)c2ccc(OC3CCOC3)cc2)ccc1F. The molecule has 2 N–H and O–H groups in total. The van der Waals surface area contributed by atoms with Crippen molar-refractivity contribution in [3.63, 3.8) is 0 Å².